The molecule has 2 heterocycles. The molecular formula is C8H12BrN5O3S. The van der Waals surface area contributed by atoms with Crippen LogP contribution in [0, 0.1) is 0 Å². The van der Waals surface area contributed by atoms with Crippen LogP contribution in [0.3, 0.4) is 0 Å². The Balaban J connectivity index is 2.26. The number of likely N-dealkylation sites (tertiary alicyclic amines) is 1. The number of carbonyl (C=O) groups is 1. The molecule has 8 nitrogen and oxygen atoms in total. The van der Waals surface area contributed by atoms with Crippen LogP contribution in [-0.2, 0) is 21.9 Å². The Morgan fingerprint density at radius 2 is 2.11 bits per heavy atom. The van der Waals surface area contributed by atoms with E-state index in [1.165, 1.54) is 11.9 Å². The predicted octanol–water partition coefficient (Wildman–Crippen LogP) is -0.913. The highest BCUT2D eigenvalue weighted by atomic mass is 79.9. The Morgan fingerprint density at radius 1 is 1.44 bits per heavy atom. The first-order chi connectivity index (χ1) is 8.33. The Morgan fingerprint density at radius 3 is 2.56 bits per heavy atom. The molecule has 1 amide bonds. The molecular weight excluding hydrogens is 326 g/mol. The molecule has 0 spiro atoms. The molecule has 1 unspecified atom stereocenters. The van der Waals surface area contributed by atoms with E-state index >= 15 is 0 Å². The van der Waals surface area contributed by atoms with Gasteiger partial charge in [-0.1, -0.05) is 5.21 Å². The number of aromatic nitrogens is 3. The zero-order valence-electron chi connectivity index (χ0n) is 9.79. The van der Waals surface area contributed by atoms with Crippen molar-refractivity contribution in [3.8, 4) is 0 Å². The minimum Gasteiger partial charge on any atom is -0.344 e. The van der Waals surface area contributed by atoms with Crippen LogP contribution >= 0.6 is 15.9 Å². The number of hydrogen-bond donors (Lipinski definition) is 1. The maximum atomic E-state index is 12.1. The monoisotopic (exact) mass is 337 g/mol. The summed E-state index contributed by atoms with van der Waals surface area (Å²) in [7, 11) is -0.720. The standard InChI is InChI=1S/C8H12BrN5O3S/c1-13-4-3-5(7(13)15)11-18(16,17)8-6(9)10-12-14(8)2/h5,11H,3-4H2,1-2H3. The predicted molar refractivity (Wildman–Crippen MR) is 65.1 cm³/mol. The highest BCUT2D eigenvalue weighted by Crippen LogP contribution is 2.19. The average Bonchev–Trinajstić information content (AvgIpc) is 2.76. The van der Waals surface area contributed by atoms with Crippen molar-refractivity contribution >= 4 is 31.9 Å². The molecule has 1 atom stereocenters. The Kier molecular flexibility index (Phi) is 3.43. The molecule has 100 valence electrons. The van der Waals surface area contributed by atoms with E-state index in [1.807, 2.05) is 0 Å². The normalized spacial score (nSPS) is 20.7. The van der Waals surface area contributed by atoms with Crippen molar-refractivity contribution in [2.75, 3.05) is 13.6 Å². The van der Waals surface area contributed by atoms with E-state index < -0.39 is 16.1 Å². The van der Waals surface area contributed by atoms with Crippen LogP contribution in [0.4, 0.5) is 0 Å². The van der Waals surface area contributed by atoms with Crippen LogP contribution in [0.2, 0.25) is 0 Å². The summed E-state index contributed by atoms with van der Waals surface area (Å²) in [5, 5.41) is 7.11. The first kappa shape index (κ1) is 13.4. The van der Waals surface area contributed by atoms with E-state index in [2.05, 4.69) is 31.0 Å². The molecule has 0 saturated carbocycles. The van der Waals surface area contributed by atoms with Gasteiger partial charge in [0.25, 0.3) is 10.0 Å². The van der Waals surface area contributed by atoms with Crippen molar-refractivity contribution in [2.45, 2.75) is 17.5 Å². The van der Waals surface area contributed by atoms with Gasteiger partial charge >= 0.3 is 0 Å². The molecule has 1 aliphatic rings. The summed E-state index contributed by atoms with van der Waals surface area (Å²) in [6.07, 6.45) is 0.456. The molecule has 10 heteroatoms. The Labute approximate surface area is 113 Å². The first-order valence-corrected chi connectivity index (χ1v) is 7.43. The molecule has 18 heavy (non-hydrogen) atoms. The number of halogens is 1. The number of sulfonamides is 1. The number of nitrogens with one attached hydrogen (secondary N) is 1. The maximum absolute atomic E-state index is 12.1. The number of nitrogens with zero attached hydrogens (tertiary/aromatic N) is 4. The van der Waals surface area contributed by atoms with Gasteiger partial charge in [0.2, 0.25) is 10.9 Å². The van der Waals surface area contributed by atoms with Crippen LogP contribution in [-0.4, -0.2) is 53.9 Å². The fraction of sp³-hybridized carbons (Fsp3) is 0.625. The molecule has 2 rings (SSSR count). The first-order valence-electron chi connectivity index (χ1n) is 5.15. The van der Waals surface area contributed by atoms with Gasteiger partial charge in [-0.25, -0.2) is 13.1 Å². The minimum absolute atomic E-state index is 0.0927. The quantitative estimate of drug-likeness (QED) is 0.769. The lowest BCUT2D eigenvalue weighted by molar-refractivity contribution is -0.127. The van der Waals surface area contributed by atoms with Gasteiger partial charge in [-0.2, -0.15) is 4.72 Å². The fourth-order valence-corrected chi connectivity index (χ4v) is 4.10. The minimum atomic E-state index is -3.82. The smallest absolute Gasteiger partial charge is 0.261 e. The molecule has 1 fully saturated rings. The number of likely N-dealkylation sites (N-methyl/N-ethyl adjacent to an activating group) is 1. The Hall–Kier alpha value is -1.00. The van der Waals surface area contributed by atoms with Crippen LogP contribution in [0.1, 0.15) is 6.42 Å². The molecule has 0 aliphatic carbocycles. The van der Waals surface area contributed by atoms with Crippen LogP contribution in [0.25, 0.3) is 0 Å². The highest BCUT2D eigenvalue weighted by molar-refractivity contribution is 9.10. The van der Waals surface area contributed by atoms with E-state index in [0.29, 0.717) is 13.0 Å². The van der Waals surface area contributed by atoms with Crippen molar-refractivity contribution in [3.63, 3.8) is 0 Å². The summed E-state index contributed by atoms with van der Waals surface area (Å²) in [5.41, 5.74) is 0. The molecule has 0 bridgehead atoms. The van der Waals surface area contributed by atoms with Crippen molar-refractivity contribution in [2.24, 2.45) is 7.05 Å². The molecule has 1 saturated heterocycles. The van der Waals surface area contributed by atoms with Crippen LogP contribution < -0.4 is 4.72 Å². The van der Waals surface area contributed by atoms with Gasteiger partial charge in [0, 0.05) is 20.6 Å². The van der Waals surface area contributed by atoms with Crippen LogP contribution in [0.15, 0.2) is 9.63 Å². The van der Waals surface area contributed by atoms with Gasteiger partial charge in [-0.05, 0) is 22.4 Å². The molecule has 1 aromatic rings. The summed E-state index contributed by atoms with van der Waals surface area (Å²) >= 11 is 3.02. The highest BCUT2D eigenvalue weighted by Gasteiger charge is 2.35. The van der Waals surface area contributed by atoms with Gasteiger partial charge in [0.15, 0.2) is 4.60 Å². The van der Waals surface area contributed by atoms with Crippen molar-refractivity contribution in [1.29, 1.82) is 0 Å². The third kappa shape index (κ3) is 2.27. The SMILES string of the molecule is CN1CCC(NS(=O)(=O)c2c(Br)nnn2C)C1=O. The van der Waals surface area contributed by atoms with Gasteiger partial charge < -0.3 is 4.90 Å². The lowest BCUT2D eigenvalue weighted by atomic mass is 10.3. The third-order valence-corrected chi connectivity index (χ3v) is 5.07. The zero-order valence-corrected chi connectivity index (χ0v) is 12.2. The lowest BCUT2D eigenvalue weighted by Gasteiger charge is -2.12. The third-order valence-electron chi connectivity index (χ3n) is 2.72. The van der Waals surface area contributed by atoms with Gasteiger partial charge in [0.1, 0.15) is 6.04 Å². The van der Waals surface area contributed by atoms with E-state index in [4.69, 9.17) is 0 Å². The van der Waals surface area contributed by atoms with Crippen molar-refractivity contribution in [1.82, 2.24) is 24.6 Å². The fourth-order valence-electron chi connectivity index (χ4n) is 1.78. The summed E-state index contributed by atoms with van der Waals surface area (Å²) in [6, 6.07) is -0.721. The van der Waals surface area contributed by atoms with E-state index in [-0.39, 0.29) is 15.5 Å². The van der Waals surface area contributed by atoms with Crippen molar-refractivity contribution < 1.29 is 13.2 Å². The van der Waals surface area contributed by atoms with Crippen LogP contribution in [0.5, 0.6) is 0 Å². The summed E-state index contributed by atoms with van der Waals surface area (Å²) in [4.78, 5) is 13.2. The van der Waals surface area contributed by atoms with Gasteiger partial charge in [0.05, 0.1) is 0 Å². The van der Waals surface area contributed by atoms with E-state index in [9.17, 15) is 13.2 Å². The van der Waals surface area contributed by atoms with E-state index in [0.717, 1.165) is 4.68 Å². The molecule has 1 N–H and O–H groups in total. The summed E-state index contributed by atoms with van der Waals surface area (Å²) in [6.45, 7) is 0.539. The average molecular weight is 338 g/mol. The maximum Gasteiger partial charge on any atom is 0.261 e. The summed E-state index contributed by atoms with van der Waals surface area (Å²) in [5.74, 6) is -0.232. The molecule has 0 radical (unpaired) electrons. The lowest BCUT2D eigenvalue weighted by Crippen LogP contribution is -2.41. The summed E-state index contributed by atoms with van der Waals surface area (Å²) < 4.78 is 27.9. The van der Waals surface area contributed by atoms with E-state index in [1.54, 1.807) is 7.05 Å². The van der Waals surface area contributed by atoms with Gasteiger partial charge in [-0.3, -0.25) is 4.79 Å². The number of rotatable bonds is 3. The van der Waals surface area contributed by atoms with Gasteiger partial charge in [-0.15, -0.1) is 5.10 Å². The second kappa shape index (κ2) is 4.59. The number of amides is 1. The Bertz CT molecular complexity index is 564. The number of carbonyl (C=O) groups excluding carboxylic acids is 1. The van der Waals surface area contributed by atoms with Crippen molar-refractivity contribution in [3.05, 3.63) is 4.60 Å². The topological polar surface area (TPSA) is 97.2 Å². The molecule has 1 aliphatic heterocycles. The zero-order chi connectivity index (χ0) is 13.5. The second-order valence-corrected chi connectivity index (χ2v) is 6.41. The number of aryl methyl sites for hydroxylation is 1. The molecule has 1 aromatic heterocycles. The molecule has 0 aromatic carbocycles. The largest absolute Gasteiger partial charge is 0.344 e. The number of hydrogen-bond acceptors (Lipinski definition) is 5. The second-order valence-electron chi connectivity index (χ2n) is 4.03.